The van der Waals surface area contributed by atoms with Crippen LogP contribution in [0.4, 0.5) is 16.3 Å². The van der Waals surface area contributed by atoms with Crippen LogP contribution in [0.5, 0.6) is 5.88 Å². The molecule has 0 aliphatic heterocycles. The van der Waals surface area contributed by atoms with Crippen molar-refractivity contribution in [3.8, 4) is 5.88 Å². The lowest BCUT2D eigenvalue weighted by molar-refractivity contribution is 0.0502. The summed E-state index contributed by atoms with van der Waals surface area (Å²) in [6.45, 7) is 27.7. The van der Waals surface area contributed by atoms with E-state index in [1.54, 1.807) is 6.20 Å². The summed E-state index contributed by atoms with van der Waals surface area (Å²) in [6, 6.07) is 6.05. The third kappa shape index (κ3) is 10.5. The van der Waals surface area contributed by atoms with Crippen molar-refractivity contribution < 1.29 is 18.7 Å². The second-order valence-electron chi connectivity index (χ2n) is 16.1. The number of nitrogens with one attached hydrogen (secondary N) is 2. The average Bonchev–Trinajstić information content (AvgIpc) is 3.48. The van der Waals surface area contributed by atoms with Crippen molar-refractivity contribution in [3.05, 3.63) is 30.1 Å². The molecule has 1 fully saturated rings. The van der Waals surface area contributed by atoms with Crippen molar-refractivity contribution in [3.63, 3.8) is 0 Å². The topological polar surface area (TPSA) is 99.5 Å². The van der Waals surface area contributed by atoms with Gasteiger partial charge in [0.2, 0.25) is 5.88 Å². The first-order valence-electron chi connectivity index (χ1n) is 16.3. The van der Waals surface area contributed by atoms with E-state index in [4.69, 9.17) is 19.0 Å². The molecule has 0 saturated heterocycles. The highest BCUT2D eigenvalue weighted by atomic mass is 28.4. The van der Waals surface area contributed by atoms with Gasteiger partial charge in [-0.05, 0) is 112 Å². The minimum Gasteiger partial charge on any atom is -0.475 e. The zero-order chi connectivity index (χ0) is 33.1. The van der Waals surface area contributed by atoms with Crippen molar-refractivity contribution in [2.45, 2.75) is 162 Å². The van der Waals surface area contributed by atoms with Crippen molar-refractivity contribution >= 4 is 25.9 Å². The molecule has 2 heterocycles. The molecule has 0 radical (unpaired) electrons. The van der Waals surface area contributed by atoms with Gasteiger partial charge in [0.1, 0.15) is 11.4 Å². The van der Waals surface area contributed by atoms with Crippen LogP contribution in [0.15, 0.2) is 24.4 Å². The molecule has 1 aliphatic rings. The summed E-state index contributed by atoms with van der Waals surface area (Å²) in [5.41, 5.74) is 1.30. The minimum atomic E-state index is -1.81. The van der Waals surface area contributed by atoms with Gasteiger partial charge in [-0.2, -0.15) is 5.10 Å². The highest BCUT2D eigenvalue weighted by Gasteiger charge is 2.41. The number of nitrogens with zero attached hydrogens (tertiary/aromatic N) is 3. The van der Waals surface area contributed by atoms with Gasteiger partial charge in [0.05, 0.1) is 17.3 Å². The number of hydrogen-bond donors (Lipinski definition) is 2. The Morgan fingerprint density at radius 1 is 1.05 bits per heavy atom. The van der Waals surface area contributed by atoms with Crippen molar-refractivity contribution in [1.29, 1.82) is 0 Å². The van der Waals surface area contributed by atoms with Gasteiger partial charge >= 0.3 is 6.09 Å². The number of carbonyl (C=O) groups excluding carboxylic acids is 1. The number of ether oxygens (including phenoxy) is 2. The molecule has 0 bridgehead atoms. The molecular weight excluding hydrogens is 570 g/mol. The summed E-state index contributed by atoms with van der Waals surface area (Å²) in [5, 5.41) is 11.8. The molecular formula is C34H59N5O4Si. The smallest absolute Gasteiger partial charge is 0.407 e. The van der Waals surface area contributed by atoms with E-state index in [0.29, 0.717) is 17.9 Å². The third-order valence-electron chi connectivity index (χ3n) is 8.53. The second kappa shape index (κ2) is 13.8. The van der Waals surface area contributed by atoms with Crippen LogP contribution < -0.4 is 15.4 Å². The Hall–Kier alpha value is -2.59. The molecule has 0 unspecified atom stereocenters. The molecule has 2 aromatic heterocycles. The Balaban J connectivity index is 1.63. The number of anilines is 2. The molecule has 0 aromatic carbocycles. The molecule has 10 heteroatoms. The van der Waals surface area contributed by atoms with Gasteiger partial charge in [0, 0.05) is 42.1 Å². The predicted molar refractivity (Wildman–Crippen MR) is 182 cm³/mol. The fraction of sp³-hybridized carbons (Fsp3) is 0.735. The summed E-state index contributed by atoms with van der Waals surface area (Å²) in [6.07, 6.45) is 6.31. The highest BCUT2D eigenvalue weighted by Crippen LogP contribution is 2.43. The van der Waals surface area contributed by atoms with Crippen molar-refractivity contribution in [1.82, 2.24) is 20.1 Å². The van der Waals surface area contributed by atoms with Gasteiger partial charge in [-0.25, -0.2) is 14.5 Å². The number of carbonyl (C=O) groups is 1. The standard InChI is InChI=1S/C34H59N5O4Si/c1-23(36-31(40)42-33(6,7)8)14-15-24(2)41-30-21-26(18-19-35-30)37-29-22-28(38-39(29)32(3,4)5)25-16-17-27(20-25)43-44(12,13)34(9,10)11/h18-19,21-25,27H,14-17,20H2,1-13H3,(H,35,37)(H,36,40)/t23-,24+,25+,27-/m1/s1. The van der Waals surface area contributed by atoms with E-state index in [1.165, 1.54) is 0 Å². The first-order chi connectivity index (χ1) is 20.1. The van der Waals surface area contributed by atoms with Crippen LogP contribution in [0.1, 0.15) is 120 Å². The predicted octanol–water partition coefficient (Wildman–Crippen LogP) is 8.90. The van der Waals surface area contributed by atoms with E-state index in [9.17, 15) is 4.79 Å². The van der Waals surface area contributed by atoms with E-state index in [0.717, 1.165) is 49.3 Å². The highest BCUT2D eigenvalue weighted by molar-refractivity contribution is 6.74. The van der Waals surface area contributed by atoms with Gasteiger partial charge < -0.3 is 24.5 Å². The van der Waals surface area contributed by atoms with Gasteiger partial charge in [0.25, 0.3) is 0 Å². The Morgan fingerprint density at radius 2 is 1.73 bits per heavy atom. The Bertz CT molecular complexity index is 1240. The summed E-state index contributed by atoms with van der Waals surface area (Å²) in [5.74, 6) is 1.89. The average molecular weight is 630 g/mol. The van der Waals surface area contributed by atoms with Crippen LogP contribution in [0, 0.1) is 0 Å². The summed E-state index contributed by atoms with van der Waals surface area (Å²) in [7, 11) is -1.81. The molecule has 1 amide bonds. The molecule has 3 rings (SSSR count). The summed E-state index contributed by atoms with van der Waals surface area (Å²) in [4.78, 5) is 16.5. The normalized spacial score (nSPS) is 19.4. The van der Waals surface area contributed by atoms with Gasteiger partial charge in [-0.15, -0.1) is 0 Å². The number of rotatable bonds is 11. The third-order valence-corrected chi connectivity index (χ3v) is 13.1. The monoisotopic (exact) mass is 629 g/mol. The van der Waals surface area contributed by atoms with Crippen molar-refractivity contribution in [2.75, 3.05) is 5.32 Å². The molecule has 2 aromatic rings. The molecule has 0 spiro atoms. The van der Waals surface area contributed by atoms with E-state index in [2.05, 4.69) is 81.0 Å². The van der Waals surface area contributed by atoms with Gasteiger partial charge in [0.15, 0.2) is 8.32 Å². The van der Waals surface area contributed by atoms with E-state index in [-0.39, 0.29) is 22.7 Å². The molecule has 9 nitrogen and oxygen atoms in total. The lowest BCUT2D eigenvalue weighted by atomic mass is 10.0. The number of hydrogen-bond acceptors (Lipinski definition) is 7. The molecule has 44 heavy (non-hydrogen) atoms. The first-order valence-corrected chi connectivity index (χ1v) is 19.2. The fourth-order valence-corrected chi connectivity index (χ4v) is 6.54. The van der Waals surface area contributed by atoms with Gasteiger partial charge in [-0.1, -0.05) is 20.8 Å². The fourth-order valence-electron chi connectivity index (χ4n) is 5.14. The van der Waals surface area contributed by atoms with E-state index >= 15 is 0 Å². The lowest BCUT2D eigenvalue weighted by Gasteiger charge is -2.38. The van der Waals surface area contributed by atoms with Crippen LogP contribution >= 0.6 is 0 Å². The molecule has 1 aliphatic carbocycles. The van der Waals surface area contributed by atoms with Crippen LogP contribution in [-0.4, -0.2) is 53.0 Å². The van der Waals surface area contributed by atoms with Crippen molar-refractivity contribution in [2.24, 2.45) is 0 Å². The lowest BCUT2D eigenvalue weighted by Crippen LogP contribution is -2.43. The maximum Gasteiger partial charge on any atom is 0.407 e. The minimum absolute atomic E-state index is 0.0301. The molecule has 248 valence electrons. The number of aromatic nitrogens is 3. The van der Waals surface area contributed by atoms with Crippen LogP contribution in [-0.2, 0) is 14.7 Å². The summed E-state index contributed by atoms with van der Waals surface area (Å²) >= 11 is 0. The molecule has 4 atom stereocenters. The first kappa shape index (κ1) is 35.9. The maximum atomic E-state index is 12.1. The summed E-state index contributed by atoms with van der Waals surface area (Å²) < 4.78 is 20.4. The number of amides is 1. The Morgan fingerprint density at radius 3 is 2.34 bits per heavy atom. The van der Waals surface area contributed by atoms with Crippen LogP contribution in [0.3, 0.4) is 0 Å². The molecule has 1 saturated carbocycles. The number of alkyl carbamates (subject to hydrolysis) is 1. The SMILES string of the molecule is C[C@H](CC[C@H](C)Oc1cc(Nc2cc([C@H]3CC[C@@H](O[Si](C)(C)C(C)(C)C)C3)nn2C(C)(C)C)ccn1)NC(=O)OC(C)(C)C. The maximum absolute atomic E-state index is 12.1. The van der Waals surface area contributed by atoms with E-state index < -0.39 is 20.0 Å². The van der Waals surface area contributed by atoms with Gasteiger partial charge in [-0.3, -0.25) is 0 Å². The molecule has 2 N–H and O–H groups in total. The largest absolute Gasteiger partial charge is 0.475 e. The second-order valence-corrected chi connectivity index (χ2v) is 20.9. The van der Waals surface area contributed by atoms with Crippen LogP contribution in [0.25, 0.3) is 0 Å². The van der Waals surface area contributed by atoms with Crippen LogP contribution in [0.2, 0.25) is 18.1 Å². The number of pyridine rings is 1. The zero-order valence-corrected chi connectivity index (χ0v) is 30.6. The Labute approximate surface area is 267 Å². The quantitative estimate of drug-likeness (QED) is 0.239. The Kier molecular flexibility index (Phi) is 11.3. The van der Waals surface area contributed by atoms with E-state index in [1.807, 2.05) is 46.8 Å². The zero-order valence-electron chi connectivity index (χ0n) is 29.6.